The van der Waals surface area contributed by atoms with Gasteiger partial charge in [0.05, 0.1) is 5.97 Å². The van der Waals surface area contributed by atoms with E-state index in [0.29, 0.717) is 24.3 Å². The minimum atomic E-state index is -1.22. The number of Topliss-reactive ketones (excluding diaryl/α,β-unsaturated/α-hetero) is 1. The summed E-state index contributed by atoms with van der Waals surface area (Å²) >= 11 is 0. The van der Waals surface area contributed by atoms with Gasteiger partial charge in [-0.1, -0.05) is 6.92 Å². The molecule has 1 saturated carbocycles. The number of aliphatic carboxylic acids is 1. The molecule has 1 aliphatic carbocycles. The first-order chi connectivity index (χ1) is 6.02. The fourth-order valence-electron chi connectivity index (χ4n) is 1.59. The fraction of sp³-hybridized carbons (Fsp3) is 0.600. The third-order valence-electron chi connectivity index (χ3n) is 2.52. The summed E-state index contributed by atoms with van der Waals surface area (Å²) in [6.45, 7) is 3.45. The summed E-state index contributed by atoms with van der Waals surface area (Å²) in [5, 5.41) is 10.5. The van der Waals surface area contributed by atoms with Crippen molar-refractivity contribution in [2.45, 2.75) is 33.1 Å². The first kappa shape index (κ1) is 13.9. The van der Waals surface area contributed by atoms with Gasteiger partial charge >= 0.3 is 29.6 Å². The summed E-state index contributed by atoms with van der Waals surface area (Å²) < 4.78 is 0. The van der Waals surface area contributed by atoms with Crippen LogP contribution in [0, 0.1) is 5.92 Å². The Morgan fingerprint density at radius 1 is 1.50 bits per heavy atom. The van der Waals surface area contributed by atoms with E-state index >= 15 is 0 Å². The second kappa shape index (κ2) is 5.69. The topological polar surface area (TPSA) is 57.2 Å². The molecule has 4 heteroatoms. The Morgan fingerprint density at radius 2 is 2.07 bits per heavy atom. The predicted molar refractivity (Wildman–Crippen MR) is 45.7 cm³/mol. The Morgan fingerprint density at radius 3 is 2.50 bits per heavy atom. The summed E-state index contributed by atoms with van der Waals surface area (Å²) in [5.74, 6) is -0.871. The van der Waals surface area contributed by atoms with E-state index in [9.17, 15) is 14.7 Å². The average Bonchev–Trinajstić information content (AvgIpc) is 2.03. The molecule has 0 radical (unpaired) electrons. The fourth-order valence-corrected chi connectivity index (χ4v) is 1.59. The predicted octanol–water partition coefficient (Wildman–Crippen LogP) is -2.55. The quantitative estimate of drug-likeness (QED) is 0.349. The molecule has 0 amide bonds. The van der Waals surface area contributed by atoms with Gasteiger partial charge in [-0.2, -0.15) is 0 Å². The van der Waals surface area contributed by atoms with Crippen LogP contribution in [0.15, 0.2) is 11.1 Å². The van der Waals surface area contributed by atoms with Crippen LogP contribution < -0.4 is 34.7 Å². The minimum Gasteiger partial charge on any atom is -0.545 e. The Bertz CT molecular complexity index is 281. The van der Waals surface area contributed by atoms with Crippen molar-refractivity contribution in [1.82, 2.24) is 0 Å². The molecule has 14 heavy (non-hydrogen) atoms. The summed E-state index contributed by atoms with van der Waals surface area (Å²) in [5.41, 5.74) is 0.565. The van der Waals surface area contributed by atoms with Crippen LogP contribution in [-0.2, 0) is 9.59 Å². The first-order valence-electron chi connectivity index (χ1n) is 4.46. The summed E-state index contributed by atoms with van der Waals surface area (Å²) in [6, 6.07) is 0. The minimum absolute atomic E-state index is 0. The molecule has 0 aromatic rings. The SMILES string of the molecule is C/C(C(=O)[O-])=C1/CCC(C)CC1=O.[Na+]. The van der Waals surface area contributed by atoms with Crippen molar-refractivity contribution in [1.29, 1.82) is 0 Å². The maximum atomic E-state index is 11.4. The van der Waals surface area contributed by atoms with Gasteiger partial charge in [-0.05, 0) is 36.8 Å². The Hall–Kier alpha value is -0.120. The van der Waals surface area contributed by atoms with E-state index in [1.165, 1.54) is 6.92 Å². The molecule has 3 nitrogen and oxygen atoms in total. The Labute approximate surface area is 106 Å². The Balaban J connectivity index is 0.00000169. The van der Waals surface area contributed by atoms with E-state index in [4.69, 9.17) is 0 Å². The molecular weight excluding hydrogens is 191 g/mol. The van der Waals surface area contributed by atoms with Crippen molar-refractivity contribution >= 4 is 11.8 Å². The van der Waals surface area contributed by atoms with Crippen LogP contribution in [-0.4, -0.2) is 11.8 Å². The summed E-state index contributed by atoms with van der Waals surface area (Å²) in [7, 11) is 0. The van der Waals surface area contributed by atoms with E-state index < -0.39 is 5.97 Å². The molecule has 0 N–H and O–H groups in total. The van der Waals surface area contributed by atoms with Crippen LogP contribution in [0.1, 0.15) is 33.1 Å². The van der Waals surface area contributed by atoms with Gasteiger partial charge in [0.15, 0.2) is 5.78 Å². The van der Waals surface area contributed by atoms with Gasteiger partial charge in [0.2, 0.25) is 0 Å². The third kappa shape index (κ3) is 3.23. The molecule has 0 saturated heterocycles. The van der Waals surface area contributed by atoms with Crippen molar-refractivity contribution in [2.24, 2.45) is 5.92 Å². The normalized spacial score (nSPS) is 25.3. The van der Waals surface area contributed by atoms with Crippen molar-refractivity contribution in [2.75, 3.05) is 0 Å². The van der Waals surface area contributed by atoms with Gasteiger partial charge in [0, 0.05) is 6.42 Å². The van der Waals surface area contributed by atoms with Crippen molar-refractivity contribution in [3.63, 3.8) is 0 Å². The van der Waals surface area contributed by atoms with E-state index in [1.54, 1.807) is 0 Å². The molecule has 0 bridgehead atoms. The first-order valence-corrected chi connectivity index (χ1v) is 4.46. The molecule has 0 spiro atoms. The number of ketones is 1. The van der Waals surface area contributed by atoms with Gasteiger partial charge in [-0.3, -0.25) is 4.79 Å². The largest absolute Gasteiger partial charge is 1.00 e. The van der Waals surface area contributed by atoms with Crippen LogP contribution in [0.3, 0.4) is 0 Å². The molecule has 0 aliphatic heterocycles. The zero-order valence-corrected chi connectivity index (χ0v) is 10.9. The van der Waals surface area contributed by atoms with Crippen molar-refractivity contribution in [3.05, 3.63) is 11.1 Å². The van der Waals surface area contributed by atoms with Gasteiger partial charge in [0.1, 0.15) is 0 Å². The third-order valence-corrected chi connectivity index (χ3v) is 2.52. The molecule has 1 fully saturated rings. The van der Waals surface area contributed by atoms with Gasteiger partial charge in [0.25, 0.3) is 0 Å². The molecule has 72 valence electrons. The summed E-state index contributed by atoms with van der Waals surface area (Å²) in [6.07, 6.45) is 1.95. The van der Waals surface area contributed by atoms with Crippen LogP contribution in [0.5, 0.6) is 0 Å². The molecule has 0 aromatic carbocycles. The molecule has 1 aliphatic rings. The number of carbonyl (C=O) groups is 2. The van der Waals surface area contributed by atoms with Crippen molar-refractivity contribution < 1.29 is 44.3 Å². The standard InChI is InChI=1S/C10H14O3.Na/c1-6-3-4-8(9(11)5-6)7(2)10(12)13;/h6H,3-5H2,1-2H3,(H,12,13);/q;+1/p-1/b8-7+;. The monoisotopic (exact) mass is 204 g/mol. The second-order valence-electron chi connectivity index (χ2n) is 3.66. The van der Waals surface area contributed by atoms with E-state index in [0.717, 1.165) is 6.42 Å². The van der Waals surface area contributed by atoms with Crippen molar-refractivity contribution in [3.8, 4) is 0 Å². The number of carbonyl (C=O) groups excluding carboxylic acids is 2. The smallest absolute Gasteiger partial charge is 0.545 e. The van der Waals surface area contributed by atoms with Crippen LogP contribution in [0.2, 0.25) is 0 Å². The number of carboxylic acid groups (broad SMARTS) is 1. The maximum Gasteiger partial charge on any atom is 1.00 e. The van der Waals surface area contributed by atoms with Crippen LogP contribution >= 0.6 is 0 Å². The van der Waals surface area contributed by atoms with Gasteiger partial charge in [-0.15, -0.1) is 0 Å². The molecule has 0 aromatic heterocycles. The molecule has 1 atom stereocenters. The van der Waals surface area contributed by atoms with Gasteiger partial charge < -0.3 is 9.90 Å². The summed E-state index contributed by atoms with van der Waals surface area (Å²) in [4.78, 5) is 21.9. The molecular formula is C10H13NaO3. The van der Waals surface area contributed by atoms with Crippen LogP contribution in [0.4, 0.5) is 0 Å². The zero-order valence-electron chi connectivity index (χ0n) is 8.92. The molecule has 1 rings (SSSR count). The number of carboxylic acids is 1. The zero-order chi connectivity index (χ0) is 10.0. The Kier molecular flexibility index (Phi) is 5.64. The van der Waals surface area contributed by atoms with E-state index in [2.05, 4.69) is 0 Å². The maximum absolute atomic E-state index is 11.4. The number of allylic oxidation sites excluding steroid dienone is 1. The van der Waals surface area contributed by atoms with Gasteiger partial charge in [-0.25, -0.2) is 0 Å². The number of hydrogen-bond acceptors (Lipinski definition) is 3. The average molecular weight is 204 g/mol. The van der Waals surface area contributed by atoms with E-state index in [-0.39, 0.29) is 40.9 Å². The number of rotatable bonds is 1. The second-order valence-corrected chi connectivity index (χ2v) is 3.66. The van der Waals surface area contributed by atoms with Crippen LogP contribution in [0.25, 0.3) is 0 Å². The molecule has 0 heterocycles. The van der Waals surface area contributed by atoms with E-state index in [1.807, 2.05) is 6.92 Å². The molecule has 1 unspecified atom stereocenters. The number of hydrogen-bond donors (Lipinski definition) is 0.